The van der Waals surface area contributed by atoms with E-state index < -0.39 is 20.0 Å². The lowest BCUT2D eigenvalue weighted by atomic mass is 10.0. The van der Waals surface area contributed by atoms with E-state index in [9.17, 15) is 16.8 Å². The number of nitrogens with zero attached hydrogens (tertiary/aromatic N) is 1. The molecule has 0 unspecified atom stereocenters. The summed E-state index contributed by atoms with van der Waals surface area (Å²) in [5, 5.41) is 0. The highest BCUT2D eigenvalue weighted by Gasteiger charge is 2.26. The Morgan fingerprint density at radius 3 is 2.59 bits per heavy atom. The largest absolute Gasteiger partial charge is 0.497 e. The summed E-state index contributed by atoms with van der Waals surface area (Å²) in [6, 6.07) is 12.2. The van der Waals surface area contributed by atoms with E-state index in [1.54, 1.807) is 36.4 Å². The molecule has 0 fully saturated rings. The van der Waals surface area contributed by atoms with Crippen LogP contribution >= 0.6 is 0 Å². The van der Waals surface area contributed by atoms with Crippen LogP contribution in [0.4, 0.5) is 5.69 Å². The number of hydrogen-bond donors (Lipinski definition) is 1. The number of sulfonamides is 2. The van der Waals surface area contributed by atoms with Crippen LogP contribution in [0.15, 0.2) is 42.5 Å². The Kier molecular flexibility index (Phi) is 6.50. The topological polar surface area (TPSA) is 92.8 Å². The third-order valence-corrected chi connectivity index (χ3v) is 8.09. The zero-order chi connectivity index (χ0) is 21.1. The van der Waals surface area contributed by atoms with Crippen molar-refractivity contribution in [3.63, 3.8) is 0 Å². The highest BCUT2D eigenvalue weighted by molar-refractivity contribution is 7.91. The van der Waals surface area contributed by atoms with Gasteiger partial charge in [-0.25, -0.2) is 16.8 Å². The Bertz CT molecular complexity index is 1080. The van der Waals surface area contributed by atoms with E-state index in [1.165, 1.54) is 11.4 Å². The summed E-state index contributed by atoms with van der Waals surface area (Å²) in [7, 11) is -5.39. The molecule has 2 aromatic rings. The van der Waals surface area contributed by atoms with Gasteiger partial charge in [0.2, 0.25) is 20.0 Å². The standard InChI is InChI=1S/C20H26N2O5S2/c1-3-11-29(25,26)22-10-9-17-7-8-19(13-18(17)14-22)21-28(23,24)15-16-5-4-6-20(12-16)27-2/h4-8,12-13,21H,3,9-11,14-15H2,1-2H3. The van der Waals surface area contributed by atoms with Gasteiger partial charge in [0.15, 0.2) is 0 Å². The number of nitrogens with one attached hydrogen (secondary N) is 1. The first-order valence-corrected chi connectivity index (χ1v) is 12.7. The number of rotatable bonds is 8. The van der Waals surface area contributed by atoms with Gasteiger partial charge in [-0.15, -0.1) is 0 Å². The van der Waals surface area contributed by atoms with Crippen molar-refractivity contribution in [2.45, 2.75) is 32.1 Å². The minimum atomic E-state index is -3.63. The first-order chi connectivity index (χ1) is 13.7. The fourth-order valence-corrected chi connectivity index (χ4v) is 6.07. The summed E-state index contributed by atoms with van der Waals surface area (Å²) in [6.07, 6.45) is 1.19. The molecule has 2 aromatic carbocycles. The van der Waals surface area contributed by atoms with Crippen molar-refractivity contribution in [3.8, 4) is 5.75 Å². The van der Waals surface area contributed by atoms with Crippen LogP contribution in [0, 0.1) is 0 Å². The quantitative estimate of drug-likeness (QED) is 0.684. The lowest BCUT2D eigenvalue weighted by Crippen LogP contribution is -2.37. The van der Waals surface area contributed by atoms with Crippen LogP contribution in [0.2, 0.25) is 0 Å². The van der Waals surface area contributed by atoms with Gasteiger partial charge < -0.3 is 4.74 Å². The summed E-state index contributed by atoms with van der Waals surface area (Å²) in [5.41, 5.74) is 2.93. The molecule has 0 atom stereocenters. The van der Waals surface area contributed by atoms with Crippen molar-refractivity contribution in [2.24, 2.45) is 0 Å². The fourth-order valence-electron chi connectivity index (χ4n) is 3.42. The number of ether oxygens (including phenoxy) is 1. The molecular weight excluding hydrogens is 412 g/mol. The Balaban J connectivity index is 1.76. The highest BCUT2D eigenvalue weighted by atomic mass is 32.2. The highest BCUT2D eigenvalue weighted by Crippen LogP contribution is 2.26. The summed E-state index contributed by atoms with van der Waals surface area (Å²) >= 11 is 0. The van der Waals surface area contributed by atoms with Crippen molar-refractivity contribution >= 4 is 25.7 Å². The van der Waals surface area contributed by atoms with Crippen LogP contribution in [0.1, 0.15) is 30.0 Å². The summed E-state index contributed by atoms with van der Waals surface area (Å²) in [6.45, 7) is 2.56. The Morgan fingerprint density at radius 1 is 1.07 bits per heavy atom. The van der Waals surface area contributed by atoms with Gasteiger partial charge in [0, 0.05) is 18.8 Å². The van der Waals surface area contributed by atoms with Crippen molar-refractivity contribution in [2.75, 3.05) is 24.1 Å². The minimum absolute atomic E-state index is 0.120. The number of benzene rings is 2. The minimum Gasteiger partial charge on any atom is -0.497 e. The molecule has 1 aliphatic rings. The van der Waals surface area contributed by atoms with Crippen LogP contribution in [0.25, 0.3) is 0 Å². The molecule has 3 rings (SSSR count). The molecule has 1 aliphatic heterocycles. The van der Waals surface area contributed by atoms with E-state index in [-0.39, 0.29) is 18.1 Å². The van der Waals surface area contributed by atoms with Crippen LogP contribution < -0.4 is 9.46 Å². The predicted octanol–water partition coefficient (Wildman–Crippen LogP) is 2.74. The number of methoxy groups -OCH3 is 1. The Morgan fingerprint density at radius 2 is 1.86 bits per heavy atom. The lowest BCUT2D eigenvalue weighted by Gasteiger charge is -2.28. The average Bonchev–Trinajstić information content (AvgIpc) is 2.66. The van der Waals surface area contributed by atoms with E-state index in [4.69, 9.17) is 4.74 Å². The smallest absolute Gasteiger partial charge is 0.236 e. The fraction of sp³-hybridized carbons (Fsp3) is 0.400. The first kappa shape index (κ1) is 21.6. The van der Waals surface area contributed by atoms with E-state index in [1.807, 2.05) is 13.0 Å². The number of fused-ring (bicyclic) bond motifs is 1. The molecule has 0 spiro atoms. The zero-order valence-corrected chi connectivity index (χ0v) is 18.2. The van der Waals surface area contributed by atoms with Crippen molar-refractivity contribution in [1.29, 1.82) is 0 Å². The molecule has 0 saturated heterocycles. The van der Waals surface area contributed by atoms with Gasteiger partial charge >= 0.3 is 0 Å². The van der Waals surface area contributed by atoms with Gasteiger partial charge in [0.05, 0.1) is 18.6 Å². The van der Waals surface area contributed by atoms with Gasteiger partial charge in [-0.05, 0) is 53.8 Å². The number of anilines is 1. The van der Waals surface area contributed by atoms with E-state index >= 15 is 0 Å². The molecule has 158 valence electrons. The van der Waals surface area contributed by atoms with Crippen LogP contribution in [-0.4, -0.2) is 40.5 Å². The molecule has 0 bridgehead atoms. The summed E-state index contributed by atoms with van der Waals surface area (Å²) < 4.78 is 59.1. The van der Waals surface area contributed by atoms with Crippen LogP contribution in [0.5, 0.6) is 5.75 Å². The summed E-state index contributed by atoms with van der Waals surface area (Å²) in [5.74, 6) is 0.535. The molecule has 0 radical (unpaired) electrons. The second-order valence-corrected chi connectivity index (χ2v) is 10.9. The molecule has 9 heteroatoms. The molecule has 7 nitrogen and oxygen atoms in total. The van der Waals surface area contributed by atoms with Crippen molar-refractivity contribution in [1.82, 2.24) is 4.31 Å². The van der Waals surface area contributed by atoms with Gasteiger partial charge in [-0.1, -0.05) is 25.1 Å². The van der Waals surface area contributed by atoms with Crippen LogP contribution in [0.3, 0.4) is 0 Å². The molecule has 29 heavy (non-hydrogen) atoms. The van der Waals surface area contributed by atoms with Gasteiger partial charge in [-0.3, -0.25) is 4.72 Å². The number of hydrogen-bond acceptors (Lipinski definition) is 5. The third-order valence-electron chi connectivity index (χ3n) is 4.80. The second kappa shape index (κ2) is 8.73. The SMILES string of the molecule is CCCS(=O)(=O)N1CCc2ccc(NS(=O)(=O)Cc3cccc(OC)c3)cc2C1. The van der Waals surface area contributed by atoms with Gasteiger partial charge in [0.1, 0.15) is 5.75 Å². The maximum absolute atomic E-state index is 12.6. The zero-order valence-electron chi connectivity index (χ0n) is 16.6. The monoisotopic (exact) mass is 438 g/mol. The molecule has 0 aliphatic carbocycles. The Labute approximate surface area is 172 Å². The molecular formula is C20H26N2O5S2. The van der Waals surface area contributed by atoms with Crippen molar-refractivity contribution < 1.29 is 21.6 Å². The molecule has 1 heterocycles. The molecule has 1 N–H and O–H groups in total. The second-order valence-electron chi connectivity index (χ2n) is 7.10. The first-order valence-electron chi connectivity index (χ1n) is 9.45. The van der Waals surface area contributed by atoms with Gasteiger partial charge in [0.25, 0.3) is 0 Å². The third kappa shape index (κ3) is 5.49. The maximum Gasteiger partial charge on any atom is 0.236 e. The Hall–Kier alpha value is -2.10. The van der Waals surface area contributed by atoms with E-state index in [0.29, 0.717) is 36.4 Å². The molecule has 0 saturated carbocycles. The van der Waals surface area contributed by atoms with Crippen LogP contribution in [-0.2, 0) is 38.8 Å². The average molecular weight is 439 g/mol. The van der Waals surface area contributed by atoms with E-state index in [0.717, 1.165) is 11.1 Å². The normalized spacial score (nSPS) is 15.0. The lowest BCUT2D eigenvalue weighted by molar-refractivity contribution is 0.391. The summed E-state index contributed by atoms with van der Waals surface area (Å²) in [4.78, 5) is 0. The molecule has 0 aromatic heterocycles. The van der Waals surface area contributed by atoms with Crippen molar-refractivity contribution in [3.05, 3.63) is 59.2 Å². The molecule has 0 amide bonds. The van der Waals surface area contributed by atoms with Gasteiger partial charge in [-0.2, -0.15) is 4.31 Å². The van der Waals surface area contributed by atoms with E-state index in [2.05, 4.69) is 4.72 Å². The predicted molar refractivity (Wildman–Crippen MR) is 114 cm³/mol. The maximum atomic E-state index is 12.6.